The summed E-state index contributed by atoms with van der Waals surface area (Å²) in [6, 6.07) is -1.35. The van der Waals surface area contributed by atoms with Crippen molar-refractivity contribution in [1.29, 1.82) is 0 Å². The molecule has 0 fully saturated rings. The first-order chi connectivity index (χ1) is 18.6. The molecule has 40 heavy (non-hydrogen) atoms. The minimum Gasteiger partial charge on any atom is -0.468 e. The van der Waals surface area contributed by atoms with Crippen LogP contribution in [-0.2, 0) is 19.1 Å². The number of thiazole rings is 2. The van der Waals surface area contributed by atoms with Gasteiger partial charge in [-0.1, -0.05) is 13.8 Å². The molecule has 2 aromatic heterocycles. The molecular weight excluding hydrogens is 560 g/mol. The largest absolute Gasteiger partial charge is 0.468 e. The summed E-state index contributed by atoms with van der Waals surface area (Å²) in [5, 5.41) is 13.0. The van der Waals surface area contributed by atoms with Crippen molar-refractivity contribution in [2.75, 3.05) is 20.7 Å². The van der Waals surface area contributed by atoms with Crippen LogP contribution in [0.25, 0.3) is 0 Å². The molecule has 0 aliphatic heterocycles. The molecule has 2 atom stereocenters. The van der Waals surface area contributed by atoms with E-state index in [1.807, 2.05) is 13.8 Å². The maximum Gasteiger partial charge on any atom is 0.408 e. The first-order valence-electron chi connectivity index (χ1n) is 12.4. The lowest BCUT2D eigenvalue weighted by Crippen LogP contribution is -2.37. The van der Waals surface area contributed by atoms with Gasteiger partial charge in [-0.15, -0.1) is 22.7 Å². The summed E-state index contributed by atoms with van der Waals surface area (Å²) in [6.07, 6.45) is -0.812. The molecule has 0 radical (unpaired) electrons. The second kappa shape index (κ2) is 14.2. The van der Waals surface area contributed by atoms with Crippen LogP contribution < -0.4 is 21.3 Å². The van der Waals surface area contributed by atoms with Crippen LogP contribution in [0.5, 0.6) is 0 Å². The number of ether oxygens (including phenoxy) is 2. The fraction of sp³-hybridized carbons (Fsp3) is 0.560. The van der Waals surface area contributed by atoms with Gasteiger partial charge in [-0.2, -0.15) is 0 Å². The SMILES string of the molecule is CNC(=O)C[C@H](NC(=O)OC(C)(C)C)c1nc(C(=O)N[C@H](c2nc(C(=O)NCC(=O)OC)cs2)C(C)C)c(C)s1. The first-order valence-corrected chi connectivity index (χ1v) is 14.1. The van der Waals surface area contributed by atoms with Crippen LogP contribution >= 0.6 is 22.7 Å². The lowest BCUT2D eigenvalue weighted by molar-refractivity contribution is -0.139. The van der Waals surface area contributed by atoms with Crippen molar-refractivity contribution in [3.63, 3.8) is 0 Å². The zero-order valence-corrected chi connectivity index (χ0v) is 25.4. The Kier molecular flexibility index (Phi) is 11.5. The van der Waals surface area contributed by atoms with Crippen LogP contribution in [-0.4, -0.2) is 66.1 Å². The molecule has 0 spiro atoms. The van der Waals surface area contributed by atoms with Crippen LogP contribution in [0.2, 0.25) is 0 Å². The number of nitrogens with one attached hydrogen (secondary N) is 4. The normalized spacial score (nSPS) is 12.7. The van der Waals surface area contributed by atoms with Gasteiger partial charge in [0.1, 0.15) is 33.5 Å². The molecule has 2 rings (SSSR count). The van der Waals surface area contributed by atoms with E-state index in [9.17, 15) is 24.0 Å². The standard InChI is InChI=1S/C25H36N6O7S2/c1-12(2)18(23-28-15(11-39-23)20(34)27-10-17(33)37-8)30-21(35)19-13(3)40-22(31-19)14(9-16(32)26-7)29-24(36)38-25(4,5)6/h11-12,14,18H,9-10H2,1-8H3,(H,26,32)(H,27,34)(H,29,36)(H,30,35)/t14-,18-/m0/s1. The molecule has 0 aromatic carbocycles. The highest BCUT2D eigenvalue weighted by molar-refractivity contribution is 7.12. The van der Waals surface area contributed by atoms with Crippen molar-refractivity contribution in [3.05, 3.63) is 31.7 Å². The average Bonchev–Trinajstić information content (AvgIpc) is 3.50. The molecule has 13 nitrogen and oxygen atoms in total. The molecule has 0 aliphatic carbocycles. The molecule has 0 unspecified atom stereocenters. The highest BCUT2D eigenvalue weighted by Gasteiger charge is 2.29. The molecular formula is C25H36N6O7S2. The van der Waals surface area contributed by atoms with Crippen molar-refractivity contribution in [1.82, 2.24) is 31.2 Å². The molecule has 0 bridgehead atoms. The third kappa shape index (κ3) is 9.55. The van der Waals surface area contributed by atoms with E-state index in [-0.39, 0.29) is 36.2 Å². The molecule has 0 aliphatic rings. The van der Waals surface area contributed by atoms with E-state index >= 15 is 0 Å². The van der Waals surface area contributed by atoms with Crippen LogP contribution in [0.15, 0.2) is 5.38 Å². The Labute approximate surface area is 240 Å². The Balaban J connectivity index is 2.23. The third-order valence-corrected chi connectivity index (χ3v) is 7.29. The number of methoxy groups -OCH3 is 1. The number of hydrogen-bond acceptors (Lipinski definition) is 11. The van der Waals surface area contributed by atoms with Crippen molar-refractivity contribution in [2.24, 2.45) is 5.92 Å². The first kappa shape index (κ1) is 32.6. The predicted molar refractivity (Wildman–Crippen MR) is 149 cm³/mol. The van der Waals surface area contributed by atoms with Gasteiger partial charge in [0.25, 0.3) is 11.8 Å². The summed E-state index contributed by atoms with van der Waals surface area (Å²) in [4.78, 5) is 70.9. The number of aromatic nitrogens is 2. The van der Waals surface area contributed by atoms with E-state index in [0.717, 1.165) is 0 Å². The van der Waals surface area contributed by atoms with Gasteiger partial charge >= 0.3 is 12.1 Å². The molecule has 4 amide bonds. The van der Waals surface area contributed by atoms with E-state index in [2.05, 4.69) is 36.0 Å². The number of aryl methyl sites for hydroxylation is 1. The Hall–Kier alpha value is -3.59. The van der Waals surface area contributed by atoms with Crippen LogP contribution in [0.4, 0.5) is 4.79 Å². The van der Waals surface area contributed by atoms with E-state index in [1.165, 1.54) is 36.8 Å². The smallest absolute Gasteiger partial charge is 0.408 e. The number of esters is 1. The van der Waals surface area contributed by atoms with Gasteiger partial charge in [-0.05, 0) is 33.6 Å². The maximum absolute atomic E-state index is 13.3. The van der Waals surface area contributed by atoms with Gasteiger partial charge < -0.3 is 30.7 Å². The second-order valence-corrected chi connectivity index (χ2v) is 12.2. The van der Waals surface area contributed by atoms with Gasteiger partial charge in [0.15, 0.2) is 0 Å². The summed E-state index contributed by atoms with van der Waals surface area (Å²) >= 11 is 2.39. The van der Waals surface area contributed by atoms with Crippen LogP contribution in [0, 0.1) is 12.8 Å². The third-order valence-electron chi connectivity index (χ3n) is 5.28. The Morgan fingerprint density at radius 1 is 1.02 bits per heavy atom. The van der Waals surface area contributed by atoms with Gasteiger partial charge in [-0.3, -0.25) is 19.2 Å². The summed E-state index contributed by atoms with van der Waals surface area (Å²) in [5.74, 6) is -2.01. The molecule has 2 aromatic rings. The summed E-state index contributed by atoms with van der Waals surface area (Å²) < 4.78 is 9.84. The van der Waals surface area contributed by atoms with Crippen LogP contribution in [0.3, 0.4) is 0 Å². The second-order valence-electron chi connectivity index (χ2n) is 10.1. The summed E-state index contributed by atoms with van der Waals surface area (Å²) in [7, 11) is 2.70. The fourth-order valence-electron chi connectivity index (χ4n) is 3.29. The lowest BCUT2D eigenvalue weighted by Gasteiger charge is -2.22. The molecule has 15 heteroatoms. The van der Waals surface area contributed by atoms with Crippen LogP contribution in [0.1, 0.15) is 89.0 Å². The average molecular weight is 597 g/mol. The minimum atomic E-state index is -0.814. The zero-order valence-electron chi connectivity index (χ0n) is 23.8. The molecule has 2 heterocycles. The van der Waals surface area contributed by atoms with Gasteiger partial charge in [-0.25, -0.2) is 14.8 Å². The van der Waals surface area contributed by atoms with Gasteiger partial charge in [0.05, 0.1) is 25.6 Å². The predicted octanol–water partition coefficient (Wildman–Crippen LogP) is 2.64. The number of rotatable bonds is 11. The quantitative estimate of drug-likeness (QED) is 0.284. The number of carbonyl (C=O) groups is 5. The topological polar surface area (TPSA) is 178 Å². The fourth-order valence-corrected chi connectivity index (χ4v) is 5.28. The molecule has 220 valence electrons. The lowest BCUT2D eigenvalue weighted by atomic mass is 10.0. The van der Waals surface area contributed by atoms with Gasteiger partial charge in [0, 0.05) is 17.3 Å². The van der Waals surface area contributed by atoms with E-state index in [4.69, 9.17) is 4.74 Å². The minimum absolute atomic E-state index is 0.0886. The van der Waals surface area contributed by atoms with E-state index in [0.29, 0.717) is 14.9 Å². The Morgan fingerprint density at radius 3 is 2.27 bits per heavy atom. The zero-order chi connectivity index (χ0) is 30.2. The molecule has 0 saturated carbocycles. The number of amides is 4. The van der Waals surface area contributed by atoms with Gasteiger partial charge in [0.2, 0.25) is 5.91 Å². The number of hydrogen-bond donors (Lipinski definition) is 4. The maximum atomic E-state index is 13.3. The Morgan fingerprint density at radius 2 is 1.70 bits per heavy atom. The highest BCUT2D eigenvalue weighted by atomic mass is 32.1. The van der Waals surface area contributed by atoms with Crippen molar-refractivity contribution >= 4 is 52.5 Å². The van der Waals surface area contributed by atoms with Crippen molar-refractivity contribution < 1.29 is 33.4 Å². The monoisotopic (exact) mass is 596 g/mol. The van der Waals surface area contributed by atoms with E-state index < -0.39 is 41.6 Å². The van der Waals surface area contributed by atoms with Crippen molar-refractivity contribution in [3.8, 4) is 0 Å². The highest BCUT2D eigenvalue weighted by Crippen LogP contribution is 2.29. The Bertz CT molecular complexity index is 1230. The molecule has 4 N–H and O–H groups in total. The summed E-state index contributed by atoms with van der Waals surface area (Å²) in [6.45, 7) is 10.4. The van der Waals surface area contributed by atoms with E-state index in [1.54, 1.807) is 33.1 Å². The number of alkyl carbamates (subject to hydrolysis) is 1. The number of carbonyl (C=O) groups excluding carboxylic acids is 5. The van der Waals surface area contributed by atoms with Crippen molar-refractivity contribution in [2.45, 2.75) is 65.6 Å². The number of nitrogens with zero attached hydrogens (tertiary/aromatic N) is 2. The molecule has 0 saturated heterocycles. The summed E-state index contributed by atoms with van der Waals surface area (Å²) in [5.41, 5.74) is -0.484.